The highest BCUT2D eigenvalue weighted by Crippen LogP contribution is 2.34. The number of pyridine rings is 1. The third kappa shape index (κ3) is 4.46. The van der Waals surface area contributed by atoms with E-state index in [1.54, 1.807) is 6.20 Å². The second-order valence-corrected chi connectivity index (χ2v) is 11.6. The molecule has 4 heteroatoms. The van der Waals surface area contributed by atoms with E-state index in [1.165, 1.54) is 0 Å². The van der Waals surface area contributed by atoms with Gasteiger partial charge in [-0.05, 0) is 50.3 Å². The number of aryl methyl sites for hydroxylation is 1. The molecule has 0 atom stereocenters. The molecule has 3 rings (SSSR count). The Morgan fingerprint density at radius 3 is 2.27 bits per heavy atom. The number of aliphatic imine (C=N–C) groups is 1. The molecule has 0 bridgehead atoms. The molecule has 2 aromatic carbocycles. The van der Waals surface area contributed by atoms with Crippen molar-refractivity contribution in [2.24, 2.45) is 4.99 Å². The molecule has 1 aromatic heterocycles. The monoisotopic (exact) mass is 360 g/mol. The molecule has 0 fully saturated rings. The molecule has 0 aliphatic carbocycles. The molecule has 26 heavy (non-hydrogen) atoms. The van der Waals surface area contributed by atoms with E-state index in [0.29, 0.717) is 0 Å². The zero-order valence-electron chi connectivity index (χ0n) is 15.7. The van der Waals surface area contributed by atoms with Crippen LogP contribution >= 0.6 is 0 Å². The lowest BCUT2D eigenvalue weighted by Crippen LogP contribution is -2.29. The molecule has 0 aliphatic heterocycles. The summed E-state index contributed by atoms with van der Waals surface area (Å²) in [5.74, 6) is 0.841. The van der Waals surface area contributed by atoms with Gasteiger partial charge < -0.3 is 4.43 Å². The van der Waals surface area contributed by atoms with Gasteiger partial charge in [-0.2, -0.15) is 0 Å². The summed E-state index contributed by atoms with van der Waals surface area (Å²) in [5.41, 5.74) is 4.69. The van der Waals surface area contributed by atoms with Gasteiger partial charge in [0.05, 0.1) is 11.4 Å². The predicted molar refractivity (Wildman–Crippen MR) is 111 cm³/mol. The van der Waals surface area contributed by atoms with Crippen molar-refractivity contribution in [2.75, 3.05) is 0 Å². The van der Waals surface area contributed by atoms with Gasteiger partial charge in [0.2, 0.25) is 8.32 Å². The van der Waals surface area contributed by atoms with Crippen LogP contribution in [0.4, 0.5) is 5.69 Å². The standard InChI is InChI=1S/C22H24N2OSi/c1-17-11-10-15-20(25-26(2,3)4)21(17)24-22(18-12-6-5-7-13-18)19-14-8-9-16-23-19/h5-16H,1-4H3. The van der Waals surface area contributed by atoms with Crippen LogP contribution in [0, 0.1) is 6.92 Å². The van der Waals surface area contributed by atoms with E-state index in [0.717, 1.165) is 34.0 Å². The second kappa shape index (κ2) is 7.66. The van der Waals surface area contributed by atoms with E-state index in [1.807, 2.05) is 48.5 Å². The van der Waals surface area contributed by atoms with Gasteiger partial charge in [0.25, 0.3) is 0 Å². The molecule has 0 amide bonds. The van der Waals surface area contributed by atoms with Crippen LogP contribution in [0.25, 0.3) is 0 Å². The molecule has 0 saturated carbocycles. The molecular weight excluding hydrogens is 336 g/mol. The smallest absolute Gasteiger partial charge is 0.242 e. The summed E-state index contributed by atoms with van der Waals surface area (Å²) in [6.45, 7) is 8.61. The van der Waals surface area contributed by atoms with Gasteiger partial charge in [-0.25, -0.2) is 4.99 Å². The largest absolute Gasteiger partial charge is 0.543 e. The van der Waals surface area contributed by atoms with Crippen LogP contribution in [0.1, 0.15) is 16.8 Å². The highest BCUT2D eigenvalue weighted by Gasteiger charge is 2.19. The molecule has 0 N–H and O–H groups in total. The van der Waals surface area contributed by atoms with Crippen molar-refractivity contribution in [3.63, 3.8) is 0 Å². The molecular formula is C22H24N2OSi. The Balaban J connectivity index is 2.18. The first-order valence-corrected chi connectivity index (χ1v) is 12.2. The number of rotatable bonds is 5. The topological polar surface area (TPSA) is 34.5 Å². The highest BCUT2D eigenvalue weighted by molar-refractivity contribution is 6.70. The van der Waals surface area contributed by atoms with E-state index < -0.39 is 8.32 Å². The van der Waals surface area contributed by atoms with E-state index >= 15 is 0 Å². The molecule has 0 saturated heterocycles. The number of hydrogen-bond acceptors (Lipinski definition) is 3. The summed E-state index contributed by atoms with van der Waals surface area (Å²) in [7, 11) is -1.75. The van der Waals surface area contributed by atoms with Crippen molar-refractivity contribution < 1.29 is 4.43 Å². The summed E-state index contributed by atoms with van der Waals surface area (Å²) in [5, 5.41) is 0. The van der Waals surface area contributed by atoms with E-state index in [9.17, 15) is 0 Å². The molecule has 3 aromatic rings. The van der Waals surface area contributed by atoms with Crippen molar-refractivity contribution in [3.8, 4) is 5.75 Å². The second-order valence-electron chi connectivity index (χ2n) is 7.18. The maximum Gasteiger partial charge on any atom is 0.242 e. The Morgan fingerprint density at radius 2 is 1.62 bits per heavy atom. The maximum atomic E-state index is 6.30. The Morgan fingerprint density at radius 1 is 0.885 bits per heavy atom. The molecule has 132 valence electrons. The van der Waals surface area contributed by atoms with Crippen molar-refractivity contribution in [3.05, 3.63) is 89.7 Å². The van der Waals surface area contributed by atoms with Crippen LogP contribution in [0.15, 0.2) is 77.9 Å². The van der Waals surface area contributed by atoms with Gasteiger partial charge in [-0.15, -0.1) is 0 Å². The SMILES string of the molecule is Cc1cccc(O[Si](C)(C)C)c1N=C(c1ccccc1)c1ccccn1. The number of para-hydroxylation sites is 1. The Bertz CT molecular complexity index is 859. The van der Waals surface area contributed by atoms with Crippen molar-refractivity contribution >= 4 is 19.7 Å². The quantitative estimate of drug-likeness (QED) is 0.427. The lowest BCUT2D eigenvalue weighted by atomic mass is 10.1. The first-order valence-electron chi connectivity index (χ1n) is 8.78. The van der Waals surface area contributed by atoms with E-state index in [2.05, 4.69) is 49.7 Å². The van der Waals surface area contributed by atoms with Crippen LogP contribution in [0.5, 0.6) is 5.75 Å². The molecule has 0 unspecified atom stereocenters. The fourth-order valence-corrected chi connectivity index (χ4v) is 3.49. The summed E-state index contributed by atoms with van der Waals surface area (Å²) in [6, 6.07) is 22.1. The summed E-state index contributed by atoms with van der Waals surface area (Å²) in [4.78, 5) is 9.56. The number of hydrogen-bond donors (Lipinski definition) is 0. The lowest BCUT2D eigenvalue weighted by molar-refractivity contribution is 0.558. The molecule has 0 radical (unpaired) electrons. The number of aromatic nitrogens is 1. The molecule has 3 nitrogen and oxygen atoms in total. The van der Waals surface area contributed by atoms with Crippen LogP contribution in [-0.2, 0) is 0 Å². The first kappa shape index (κ1) is 18.1. The minimum absolute atomic E-state index is 0.841. The van der Waals surface area contributed by atoms with Crippen LogP contribution in [0.3, 0.4) is 0 Å². The number of nitrogens with zero attached hydrogens (tertiary/aromatic N) is 2. The van der Waals surface area contributed by atoms with Gasteiger partial charge >= 0.3 is 0 Å². The fourth-order valence-electron chi connectivity index (χ4n) is 2.67. The van der Waals surface area contributed by atoms with Crippen LogP contribution < -0.4 is 4.43 Å². The van der Waals surface area contributed by atoms with Gasteiger partial charge in [0, 0.05) is 11.8 Å². The van der Waals surface area contributed by atoms with Gasteiger partial charge in [-0.1, -0.05) is 48.5 Å². The minimum Gasteiger partial charge on any atom is -0.543 e. The summed E-state index contributed by atoms with van der Waals surface area (Å²) in [6.07, 6.45) is 1.80. The van der Waals surface area contributed by atoms with Crippen molar-refractivity contribution in [1.82, 2.24) is 4.98 Å². The number of benzene rings is 2. The first-order chi connectivity index (χ1) is 12.4. The average molecular weight is 361 g/mol. The van der Waals surface area contributed by atoms with Gasteiger partial charge in [0.15, 0.2) is 0 Å². The maximum absolute atomic E-state index is 6.30. The van der Waals surface area contributed by atoms with E-state index in [-0.39, 0.29) is 0 Å². The van der Waals surface area contributed by atoms with E-state index in [4.69, 9.17) is 9.42 Å². The highest BCUT2D eigenvalue weighted by atomic mass is 28.4. The fraction of sp³-hybridized carbons (Fsp3) is 0.182. The van der Waals surface area contributed by atoms with Crippen molar-refractivity contribution in [2.45, 2.75) is 26.6 Å². The zero-order valence-corrected chi connectivity index (χ0v) is 16.7. The average Bonchev–Trinajstić information content (AvgIpc) is 2.62. The normalized spacial score (nSPS) is 12.1. The Labute approximate surface area is 156 Å². The lowest BCUT2D eigenvalue weighted by Gasteiger charge is -2.21. The minimum atomic E-state index is -1.75. The zero-order chi connectivity index (χ0) is 18.6. The van der Waals surface area contributed by atoms with Gasteiger partial charge in [0.1, 0.15) is 11.4 Å². The summed E-state index contributed by atoms with van der Waals surface area (Å²) >= 11 is 0. The molecule has 1 heterocycles. The predicted octanol–water partition coefficient (Wildman–Crippen LogP) is 5.77. The van der Waals surface area contributed by atoms with Crippen LogP contribution in [0.2, 0.25) is 19.6 Å². The summed E-state index contributed by atoms with van der Waals surface area (Å²) < 4.78 is 6.30. The third-order valence-corrected chi connectivity index (χ3v) is 4.63. The molecule has 0 aliphatic rings. The molecule has 0 spiro atoms. The Kier molecular flexibility index (Phi) is 5.33. The van der Waals surface area contributed by atoms with Crippen molar-refractivity contribution in [1.29, 1.82) is 0 Å². The van der Waals surface area contributed by atoms with Gasteiger partial charge in [-0.3, -0.25) is 4.98 Å². The Hall–Kier alpha value is -2.72. The third-order valence-electron chi connectivity index (χ3n) is 3.80. The van der Waals surface area contributed by atoms with Crippen LogP contribution in [-0.4, -0.2) is 19.0 Å².